The lowest BCUT2D eigenvalue weighted by molar-refractivity contribution is 0.0537. The van der Waals surface area contributed by atoms with Crippen molar-refractivity contribution < 1.29 is 23.4 Å². The molecule has 1 aromatic carbocycles. The van der Waals surface area contributed by atoms with Crippen LogP contribution >= 0.6 is 0 Å². The second-order valence-corrected chi connectivity index (χ2v) is 8.91. The number of primary amides is 1. The van der Waals surface area contributed by atoms with E-state index in [-0.39, 0.29) is 29.3 Å². The van der Waals surface area contributed by atoms with Crippen molar-refractivity contribution in [2.24, 2.45) is 11.5 Å². The summed E-state index contributed by atoms with van der Waals surface area (Å²) in [5, 5.41) is 7.05. The number of methoxy groups -OCH3 is 1. The van der Waals surface area contributed by atoms with E-state index in [0.717, 1.165) is 42.7 Å². The molecule has 1 amide bonds. The van der Waals surface area contributed by atoms with Crippen LogP contribution in [0.25, 0.3) is 10.9 Å². The summed E-state index contributed by atoms with van der Waals surface area (Å²) in [6.07, 6.45) is 3.75. The number of fused-ring (bicyclic) bond motifs is 1. The highest BCUT2D eigenvalue weighted by molar-refractivity contribution is 5.99. The zero-order chi connectivity index (χ0) is 26.2. The standard InChI is InChI=1S/C26H33FN6O4/c1-35-10-11-36-12-13-37-23-9-6-16-14-17(7-8-21(16)31-23)30-25-18(24(29)34)15-19(27)26(33-25)32-22-5-3-2-4-20(22)28/h6-9,14-15,20,22H,2-5,10-13,28H2,1H3,(H2,29,34)(H2,30,32,33)/t20-,22?/m0/s1. The molecule has 0 spiro atoms. The first-order valence-corrected chi connectivity index (χ1v) is 12.3. The van der Waals surface area contributed by atoms with Gasteiger partial charge < -0.3 is 36.3 Å². The van der Waals surface area contributed by atoms with Crippen molar-refractivity contribution >= 4 is 34.1 Å². The van der Waals surface area contributed by atoms with Crippen molar-refractivity contribution in [2.75, 3.05) is 44.2 Å². The van der Waals surface area contributed by atoms with E-state index in [2.05, 4.69) is 20.6 Å². The van der Waals surface area contributed by atoms with E-state index in [1.54, 1.807) is 19.2 Å². The molecule has 0 saturated heterocycles. The molecule has 4 rings (SSSR count). The van der Waals surface area contributed by atoms with Crippen LogP contribution in [0.5, 0.6) is 5.88 Å². The molecule has 3 aromatic rings. The average molecular weight is 513 g/mol. The van der Waals surface area contributed by atoms with E-state index in [4.69, 9.17) is 25.7 Å². The van der Waals surface area contributed by atoms with Crippen LogP contribution in [0.4, 0.5) is 21.7 Å². The lowest BCUT2D eigenvalue weighted by Crippen LogP contribution is -2.43. The summed E-state index contributed by atoms with van der Waals surface area (Å²) in [5.74, 6) is -0.773. The van der Waals surface area contributed by atoms with Crippen molar-refractivity contribution in [1.82, 2.24) is 9.97 Å². The Labute approximate surface area is 214 Å². The molecule has 1 aliphatic carbocycles. The topological polar surface area (TPSA) is 147 Å². The van der Waals surface area contributed by atoms with Gasteiger partial charge in [-0.05, 0) is 43.2 Å². The molecule has 6 N–H and O–H groups in total. The Bertz CT molecular complexity index is 1230. The Balaban J connectivity index is 1.48. The van der Waals surface area contributed by atoms with Crippen LogP contribution in [0.1, 0.15) is 36.0 Å². The largest absolute Gasteiger partial charge is 0.475 e. The third-order valence-electron chi connectivity index (χ3n) is 6.22. The van der Waals surface area contributed by atoms with Gasteiger partial charge in [-0.15, -0.1) is 0 Å². The first kappa shape index (κ1) is 26.5. The number of ether oxygens (including phenoxy) is 3. The molecule has 2 aromatic heterocycles. The zero-order valence-corrected chi connectivity index (χ0v) is 20.8. The highest BCUT2D eigenvalue weighted by atomic mass is 19.1. The van der Waals surface area contributed by atoms with Gasteiger partial charge in [0.05, 0.1) is 30.9 Å². The van der Waals surface area contributed by atoms with Gasteiger partial charge in [0.15, 0.2) is 11.6 Å². The number of benzene rings is 1. The lowest BCUT2D eigenvalue weighted by atomic mass is 9.91. The Hall–Kier alpha value is -3.54. The Morgan fingerprint density at radius 3 is 2.65 bits per heavy atom. The fraction of sp³-hybridized carbons (Fsp3) is 0.423. The molecule has 37 heavy (non-hydrogen) atoms. The van der Waals surface area contributed by atoms with Crippen molar-refractivity contribution in [3.8, 4) is 5.88 Å². The number of nitrogens with zero attached hydrogens (tertiary/aromatic N) is 2. The first-order valence-electron chi connectivity index (χ1n) is 12.3. The van der Waals surface area contributed by atoms with Crippen LogP contribution in [-0.4, -0.2) is 61.5 Å². The van der Waals surface area contributed by atoms with Crippen molar-refractivity contribution in [3.05, 3.63) is 47.8 Å². The van der Waals surface area contributed by atoms with E-state index < -0.39 is 11.7 Å². The van der Waals surface area contributed by atoms with Crippen molar-refractivity contribution in [2.45, 2.75) is 37.8 Å². The first-order chi connectivity index (χ1) is 17.9. The molecule has 2 atom stereocenters. The summed E-state index contributed by atoms with van der Waals surface area (Å²) >= 11 is 0. The Kier molecular flexibility index (Phi) is 9.04. The van der Waals surface area contributed by atoms with Gasteiger partial charge in [0.1, 0.15) is 12.4 Å². The van der Waals surface area contributed by atoms with E-state index in [0.29, 0.717) is 38.0 Å². The summed E-state index contributed by atoms with van der Waals surface area (Å²) in [7, 11) is 1.62. The molecule has 0 bridgehead atoms. The molecule has 0 radical (unpaired) electrons. The van der Waals surface area contributed by atoms with Crippen LogP contribution in [0, 0.1) is 5.82 Å². The van der Waals surface area contributed by atoms with Crippen molar-refractivity contribution in [3.63, 3.8) is 0 Å². The second kappa shape index (κ2) is 12.6. The number of carbonyl (C=O) groups is 1. The third kappa shape index (κ3) is 7.03. The fourth-order valence-electron chi connectivity index (χ4n) is 4.24. The number of rotatable bonds is 12. The molecule has 1 saturated carbocycles. The van der Waals surface area contributed by atoms with Gasteiger partial charge in [-0.2, -0.15) is 0 Å². The van der Waals surface area contributed by atoms with Gasteiger partial charge in [-0.1, -0.05) is 12.8 Å². The highest BCUT2D eigenvalue weighted by Gasteiger charge is 2.24. The number of nitrogens with two attached hydrogens (primary N) is 2. The summed E-state index contributed by atoms with van der Waals surface area (Å²) < 4.78 is 30.8. The maximum absolute atomic E-state index is 14.8. The fourth-order valence-corrected chi connectivity index (χ4v) is 4.24. The van der Waals surface area contributed by atoms with Crippen molar-refractivity contribution in [1.29, 1.82) is 0 Å². The number of amides is 1. The average Bonchev–Trinajstić information content (AvgIpc) is 2.89. The Morgan fingerprint density at radius 2 is 1.86 bits per heavy atom. The summed E-state index contributed by atoms with van der Waals surface area (Å²) in [6, 6.07) is 10.00. The monoisotopic (exact) mass is 512 g/mol. The number of anilines is 3. The predicted octanol–water partition coefficient (Wildman–Crippen LogP) is 3.33. The molecule has 1 unspecified atom stereocenters. The van der Waals surface area contributed by atoms with Gasteiger partial charge >= 0.3 is 0 Å². The van der Waals surface area contributed by atoms with E-state index in [9.17, 15) is 9.18 Å². The second-order valence-electron chi connectivity index (χ2n) is 8.91. The summed E-state index contributed by atoms with van der Waals surface area (Å²) in [4.78, 5) is 20.9. The number of carbonyl (C=O) groups excluding carboxylic acids is 1. The number of pyridine rings is 2. The minimum atomic E-state index is -0.787. The van der Waals surface area contributed by atoms with Crippen LogP contribution in [0.15, 0.2) is 36.4 Å². The van der Waals surface area contributed by atoms with Gasteiger partial charge in [-0.25, -0.2) is 14.4 Å². The van der Waals surface area contributed by atoms with Crippen LogP contribution < -0.4 is 26.8 Å². The molecule has 1 aliphatic rings. The van der Waals surface area contributed by atoms with Gasteiger partial charge in [0, 0.05) is 36.3 Å². The zero-order valence-electron chi connectivity index (χ0n) is 20.8. The molecule has 2 heterocycles. The summed E-state index contributed by atoms with van der Waals surface area (Å²) in [6.45, 7) is 1.84. The smallest absolute Gasteiger partial charge is 0.252 e. The van der Waals surface area contributed by atoms with Crippen LogP contribution in [0.2, 0.25) is 0 Å². The Morgan fingerprint density at radius 1 is 1.05 bits per heavy atom. The van der Waals surface area contributed by atoms with Gasteiger partial charge in [-0.3, -0.25) is 4.79 Å². The maximum atomic E-state index is 14.8. The van der Waals surface area contributed by atoms with Crippen LogP contribution in [-0.2, 0) is 9.47 Å². The molecule has 198 valence electrons. The maximum Gasteiger partial charge on any atom is 0.252 e. The number of aromatic nitrogens is 2. The molecular weight excluding hydrogens is 479 g/mol. The van der Waals surface area contributed by atoms with E-state index in [1.165, 1.54) is 0 Å². The normalized spacial score (nSPS) is 17.5. The van der Waals surface area contributed by atoms with E-state index >= 15 is 0 Å². The van der Waals surface area contributed by atoms with E-state index in [1.807, 2.05) is 18.2 Å². The van der Waals surface area contributed by atoms with Gasteiger partial charge in [0.25, 0.3) is 5.91 Å². The molecule has 10 nitrogen and oxygen atoms in total. The number of hydrogen-bond donors (Lipinski definition) is 4. The SMILES string of the molecule is COCCOCCOc1ccc2cc(Nc3nc(NC4CCCC[C@@H]4N)c(F)cc3C(N)=O)ccc2n1. The van der Waals surface area contributed by atoms with Gasteiger partial charge in [0.2, 0.25) is 5.88 Å². The minimum Gasteiger partial charge on any atom is -0.475 e. The third-order valence-corrected chi connectivity index (χ3v) is 6.22. The highest BCUT2D eigenvalue weighted by Crippen LogP contribution is 2.28. The molecule has 11 heteroatoms. The molecule has 1 fully saturated rings. The van der Waals surface area contributed by atoms with Crippen LogP contribution in [0.3, 0.4) is 0 Å². The predicted molar refractivity (Wildman–Crippen MR) is 140 cm³/mol. The molecular formula is C26H33FN6O4. The number of halogens is 1. The quantitative estimate of drug-likeness (QED) is 0.268. The molecule has 0 aliphatic heterocycles. The minimum absolute atomic E-state index is 0.0327. The number of hydrogen-bond acceptors (Lipinski definition) is 9. The lowest BCUT2D eigenvalue weighted by Gasteiger charge is -2.30. The summed E-state index contributed by atoms with van der Waals surface area (Å²) in [5.41, 5.74) is 13.0. The number of nitrogens with one attached hydrogen (secondary N) is 2.